The fourth-order valence-corrected chi connectivity index (χ4v) is 1.50. The van der Waals surface area contributed by atoms with Gasteiger partial charge in [-0.2, -0.15) is 0 Å². The molecule has 15 heavy (non-hydrogen) atoms. The highest BCUT2D eigenvalue weighted by Gasteiger charge is 2.30. The molecule has 1 aromatic rings. The van der Waals surface area contributed by atoms with Gasteiger partial charge in [-0.25, -0.2) is 4.98 Å². The molecule has 1 saturated heterocycles. The molecule has 1 aliphatic heterocycles. The van der Waals surface area contributed by atoms with Crippen molar-refractivity contribution >= 4 is 11.8 Å². The van der Waals surface area contributed by atoms with Crippen molar-refractivity contribution in [2.75, 3.05) is 0 Å². The Bertz CT molecular complexity index is 373. The van der Waals surface area contributed by atoms with E-state index in [4.69, 9.17) is 0 Å². The number of nitrogens with one attached hydrogen (secondary N) is 3. The first-order valence-corrected chi connectivity index (χ1v) is 4.75. The Hall–Kier alpha value is -1.85. The molecule has 2 heterocycles. The molecule has 6 heteroatoms. The molecule has 1 aromatic heterocycles. The molecule has 80 valence electrons. The molecule has 2 atom stereocenters. The van der Waals surface area contributed by atoms with Gasteiger partial charge in [0.1, 0.15) is 12.1 Å². The number of nitrogens with zero attached hydrogens (tertiary/aromatic N) is 1. The lowest BCUT2D eigenvalue weighted by atomic mass is 10.1. The van der Waals surface area contributed by atoms with Crippen molar-refractivity contribution < 1.29 is 9.59 Å². The molecular weight excluding hydrogens is 196 g/mol. The van der Waals surface area contributed by atoms with Crippen LogP contribution in [0.4, 0.5) is 0 Å². The minimum atomic E-state index is -0.505. The number of piperazine rings is 1. The quantitative estimate of drug-likeness (QED) is 0.580. The van der Waals surface area contributed by atoms with E-state index in [0.717, 1.165) is 5.69 Å². The maximum Gasteiger partial charge on any atom is 0.243 e. The zero-order valence-electron chi connectivity index (χ0n) is 8.28. The molecule has 2 amide bonds. The number of carbonyl (C=O) groups is 2. The largest absolute Gasteiger partial charge is 0.348 e. The Balaban J connectivity index is 2.03. The van der Waals surface area contributed by atoms with Crippen molar-refractivity contribution in [1.29, 1.82) is 0 Å². The summed E-state index contributed by atoms with van der Waals surface area (Å²) in [7, 11) is 0. The van der Waals surface area contributed by atoms with E-state index < -0.39 is 12.1 Å². The van der Waals surface area contributed by atoms with Crippen LogP contribution in [0.1, 0.15) is 12.6 Å². The van der Waals surface area contributed by atoms with Gasteiger partial charge in [-0.1, -0.05) is 0 Å². The van der Waals surface area contributed by atoms with Crippen molar-refractivity contribution in [2.45, 2.75) is 25.4 Å². The van der Waals surface area contributed by atoms with Crippen LogP contribution in [0.15, 0.2) is 12.5 Å². The van der Waals surface area contributed by atoms with Crippen LogP contribution >= 0.6 is 0 Å². The topological polar surface area (TPSA) is 86.9 Å². The van der Waals surface area contributed by atoms with Gasteiger partial charge in [-0.15, -0.1) is 0 Å². The van der Waals surface area contributed by atoms with Crippen LogP contribution in [0, 0.1) is 0 Å². The van der Waals surface area contributed by atoms with Gasteiger partial charge in [0, 0.05) is 18.3 Å². The van der Waals surface area contributed by atoms with Gasteiger partial charge in [0.05, 0.1) is 6.33 Å². The predicted molar refractivity (Wildman–Crippen MR) is 51.8 cm³/mol. The van der Waals surface area contributed by atoms with Crippen molar-refractivity contribution in [3.05, 3.63) is 18.2 Å². The van der Waals surface area contributed by atoms with Gasteiger partial charge in [-0.3, -0.25) is 9.59 Å². The van der Waals surface area contributed by atoms with Crippen LogP contribution in [0.5, 0.6) is 0 Å². The Morgan fingerprint density at radius 3 is 2.80 bits per heavy atom. The molecule has 1 aliphatic rings. The van der Waals surface area contributed by atoms with Crippen LogP contribution in [-0.2, 0) is 16.0 Å². The zero-order chi connectivity index (χ0) is 10.8. The first kappa shape index (κ1) is 9.70. The summed E-state index contributed by atoms with van der Waals surface area (Å²) in [4.78, 5) is 29.6. The van der Waals surface area contributed by atoms with Crippen molar-refractivity contribution in [3.8, 4) is 0 Å². The number of aromatic nitrogens is 2. The zero-order valence-corrected chi connectivity index (χ0v) is 8.28. The minimum Gasteiger partial charge on any atom is -0.348 e. The number of amides is 2. The summed E-state index contributed by atoms with van der Waals surface area (Å²) in [5, 5.41) is 5.26. The maximum atomic E-state index is 11.5. The lowest BCUT2D eigenvalue weighted by Crippen LogP contribution is -2.61. The lowest BCUT2D eigenvalue weighted by molar-refractivity contribution is -0.136. The highest BCUT2D eigenvalue weighted by Crippen LogP contribution is 2.03. The maximum absolute atomic E-state index is 11.5. The summed E-state index contributed by atoms with van der Waals surface area (Å²) < 4.78 is 0. The first-order valence-electron chi connectivity index (χ1n) is 4.75. The second-order valence-corrected chi connectivity index (χ2v) is 3.57. The Labute approximate surface area is 86.5 Å². The molecule has 0 aromatic carbocycles. The molecule has 0 aliphatic carbocycles. The van der Waals surface area contributed by atoms with E-state index in [2.05, 4.69) is 20.6 Å². The van der Waals surface area contributed by atoms with E-state index in [9.17, 15) is 9.59 Å². The predicted octanol–water partition coefficient (Wildman–Crippen LogP) is -1.04. The van der Waals surface area contributed by atoms with Gasteiger partial charge in [0.25, 0.3) is 0 Å². The van der Waals surface area contributed by atoms with Crippen LogP contribution in [-0.4, -0.2) is 33.9 Å². The van der Waals surface area contributed by atoms with Crippen LogP contribution in [0.25, 0.3) is 0 Å². The highest BCUT2D eigenvalue weighted by atomic mass is 16.2. The number of hydrogen-bond donors (Lipinski definition) is 3. The molecule has 0 radical (unpaired) electrons. The summed E-state index contributed by atoms with van der Waals surface area (Å²) in [5.41, 5.74) is 0.824. The number of hydrogen-bond acceptors (Lipinski definition) is 3. The smallest absolute Gasteiger partial charge is 0.243 e. The Morgan fingerprint density at radius 1 is 1.33 bits per heavy atom. The number of carbonyl (C=O) groups excluding carboxylic acids is 2. The Morgan fingerprint density at radius 2 is 2.13 bits per heavy atom. The first-order chi connectivity index (χ1) is 7.16. The highest BCUT2D eigenvalue weighted by molar-refractivity contribution is 5.96. The summed E-state index contributed by atoms with van der Waals surface area (Å²) in [6.45, 7) is 1.65. The SMILES string of the molecule is CC1NC(=O)[C@@H](Cc2cnc[nH]2)NC1=O. The second-order valence-electron chi connectivity index (χ2n) is 3.57. The third kappa shape index (κ3) is 1.98. The average molecular weight is 208 g/mol. The van der Waals surface area contributed by atoms with Gasteiger partial charge >= 0.3 is 0 Å². The van der Waals surface area contributed by atoms with E-state index in [-0.39, 0.29) is 11.8 Å². The van der Waals surface area contributed by atoms with E-state index in [1.165, 1.54) is 0 Å². The monoisotopic (exact) mass is 208 g/mol. The van der Waals surface area contributed by atoms with Crippen molar-refractivity contribution in [1.82, 2.24) is 20.6 Å². The third-order valence-corrected chi connectivity index (χ3v) is 2.36. The lowest BCUT2D eigenvalue weighted by Gasteiger charge is -2.27. The van der Waals surface area contributed by atoms with Crippen molar-refractivity contribution in [3.63, 3.8) is 0 Å². The summed E-state index contributed by atoms with van der Waals surface area (Å²) in [5.74, 6) is -0.309. The average Bonchev–Trinajstić information content (AvgIpc) is 2.67. The molecule has 0 spiro atoms. The van der Waals surface area contributed by atoms with E-state index in [0.29, 0.717) is 6.42 Å². The van der Waals surface area contributed by atoms with Crippen molar-refractivity contribution in [2.24, 2.45) is 0 Å². The van der Waals surface area contributed by atoms with Crippen LogP contribution in [0.2, 0.25) is 0 Å². The fraction of sp³-hybridized carbons (Fsp3) is 0.444. The molecular formula is C9H12N4O2. The molecule has 2 rings (SSSR count). The third-order valence-electron chi connectivity index (χ3n) is 2.36. The standard InChI is InChI=1S/C9H12N4O2/c1-5-8(14)13-7(9(15)12-5)2-6-3-10-4-11-6/h3-5,7H,2H2,1H3,(H,10,11)(H,12,15)(H,13,14)/t5?,7-/m1/s1. The summed E-state index contributed by atoms with van der Waals surface area (Å²) in [6.07, 6.45) is 3.61. The van der Waals surface area contributed by atoms with Gasteiger partial charge in [0.15, 0.2) is 0 Å². The number of imidazole rings is 1. The van der Waals surface area contributed by atoms with E-state index in [1.54, 1.807) is 19.4 Å². The van der Waals surface area contributed by atoms with Crippen LogP contribution < -0.4 is 10.6 Å². The van der Waals surface area contributed by atoms with Gasteiger partial charge in [-0.05, 0) is 6.92 Å². The van der Waals surface area contributed by atoms with Gasteiger partial charge < -0.3 is 15.6 Å². The number of rotatable bonds is 2. The fourth-order valence-electron chi connectivity index (χ4n) is 1.50. The minimum absolute atomic E-state index is 0.154. The Kier molecular flexibility index (Phi) is 2.40. The number of aromatic amines is 1. The van der Waals surface area contributed by atoms with Crippen LogP contribution in [0.3, 0.4) is 0 Å². The summed E-state index contributed by atoms with van der Waals surface area (Å²) >= 11 is 0. The summed E-state index contributed by atoms with van der Waals surface area (Å²) in [6, 6.07) is -0.954. The van der Waals surface area contributed by atoms with Gasteiger partial charge in [0.2, 0.25) is 11.8 Å². The van der Waals surface area contributed by atoms with E-state index in [1.807, 2.05) is 0 Å². The molecule has 6 nitrogen and oxygen atoms in total. The number of H-pyrrole nitrogens is 1. The molecule has 1 unspecified atom stereocenters. The molecule has 0 bridgehead atoms. The molecule has 0 saturated carbocycles. The second kappa shape index (κ2) is 3.72. The van der Waals surface area contributed by atoms with E-state index >= 15 is 0 Å². The normalized spacial score (nSPS) is 25.9. The molecule has 3 N–H and O–H groups in total. The molecule has 1 fully saturated rings.